The van der Waals surface area contributed by atoms with Gasteiger partial charge in [0.1, 0.15) is 11.3 Å². The van der Waals surface area contributed by atoms with E-state index >= 15 is 0 Å². The van der Waals surface area contributed by atoms with Crippen LogP contribution in [0.2, 0.25) is 0 Å². The molecule has 0 saturated heterocycles. The molecule has 2 amide bonds. The molecule has 0 bridgehead atoms. The highest BCUT2D eigenvalue weighted by Crippen LogP contribution is 2.53. The Bertz CT molecular complexity index is 2330. The number of carbonyl (C=O) groups is 2. The van der Waals surface area contributed by atoms with E-state index in [-0.39, 0.29) is 35.7 Å². The average Bonchev–Trinajstić information content (AvgIpc) is 3.72. The monoisotopic (exact) mass is 719 g/mol. The van der Waals surface area contributed by atoms with Crippen LogP contribution >= 0.6 is 0 Å². The van der Waals surface area contributed by atoms with Crippen LogP contribution in [-0.4, -0.2) is 33.9 Å². The fourth-order valence-corrected chi connectivity index (χ4v) is 7.14. The molecule has 11 heteroatoms. The van der Waals surface area contributed by atoms with Crippen LogP contribution in [0.5, 0.6) is 0 Å². The number of rotatable bonds is 9. The summed E-state index contributed by atoms with van der Waals surface area (Å²) in [5, 5.41) is 14.0. The van der Waals surface area contributed by atoms with E-state index in [0.717, 1.165) is 49.8 Å². The minimum atomic E-state index is -4.76. The van der Waals surface area contributed by atoms with Crippen LogP contribution in [0.25, 0.3) is 27.2 Å². The van der Waals surface area contributed by atoms with E-state index < -0.39 is 29.5 Å². The molecule has 6 aromatic rings. The number of ether oxygens (including phenoxy) is 1. The third-order valence-corrected chi connectivity index (χ3v) is 9.57. The number of benzene rings is 5. The van der Waals surface area contributed by atoms with Crippen molar-refractivity contribution in [1.29, 1.82) is 0 Å². The molecule has 3 atom stereocenters. The molecule has 0 spiro atoms. The maximum Gasteiger partial charge on any atom is 0.435 e. The van der Waals surface area contributed by atoms with Gasteiger partial charge in [-0.05, 0) is 108 Å². The first-order chi connectivity index (χ1) is 25.3. The van der Waals surface area contributed by atoms with Crippen LogP contribution < -0.4 is 16.4 Å². The first kappa shape index (κ1) is 35.7. The highest BCUT2D eigenvalue weighted by molar-refractivity contribution is 6.09. The summed E-state index contributed by atoms with van der Waals surface area (Å²) in [6.07, 6.45) is -4.39. The van der Waals surface area contributed by atoms with Gasteiger partial charge in [-0.3, -0.25) is 4.79 Å². The zero-order valence-corrected chi connectivity index (χ0v) is 29.6. The molecular weight excluding hydrogens is 679 g/mol. The summed E-state index contributed by atoms with van der Waals surface area (Å²) in [5.41, 5.74) is 7.12. The number of hydrogen-bond acceptors (Lipinski definition) is 5. The van der Waals surface area contributed by atoms with Gasteiger partial charge in [0.2, 0.25) is 0 Å². The number of nitrogens with one attached hydrogen (secondary N) is 2. The van der Waals surface area contributed by atoms with E-state index in [9.17, 15) is 22.8 Å². The van der Waals surface area contributed by atoms with E-state index in [1.54, 1.807) is 30.3 Å². The lowest BCUT2D eigenvalue weighted by molar-refractivity contribution is -0.141. The normalized spacial score (nSPS) is 16.4. The lowest BCUT2D eigenvalue weighted by Crippen LogP contribution is -2.33. The molecular formula is C42H40F3N5O3. The smallest absolute Gasteiger partial charge is 0.435 e. The van der Waals surface area contributed by atoms with Crippen molar-refractivity contribution in [3.8, 4) is 5.69 Å². The molecule has 8 nitrogen and oxygen atoms in total. The van der Waals surface area contributed by atoms with Crippen LogP contribution in [0.3, 0.4) is 0 Å². The summed E-state index contributed by atoms with van der Waals surface area (Å²) in [5.74, 6) is -0.573. The fourth-order valence-electron chi connectivity index (χ4n) is 7.14. The van der Waals surface area contributed by atoms with E-state index in [1.807, 2.05) is 63.2 Å². The first-order valence-electron chi connectivity index (χ1n) is 17.5. The quantitative estimate of drug-likeness (QED) is 0.129. The fraction of sp³-hybridized carbons (Fsp3) is 0.262. The third-order valence-electron chi connectivity index (χ3n) is 9.57. The van der Waals surface area contributed by atoms with E-state index in [2.05, 4.69) is 46.1 Å². The summed E-state index contributed by atoms with van der Waals surface area (Å²) in [6, 6.07) is 33.5. The van der Waals surface area contributed by atoms with Crippen LogP contribution in [0.15, 0.2) is 109 Å². The SMILES string of the molecule is CC(C)(C)OC(=O)NCC1CC1C(c1cccc(NC(=O)c2cc(C(F)(F)F)nn2-c2cccc(CN)c2)c1)c1cc2ccccc2c2ccccc12. The predicted molar refractivity (Wildman–Crippen MR) is 200 cm³/mol. The molecule has 1 aliphatic rings. The second kappa shape index (κ2) is 14.0. The van der Waals surface area contributed by atoms with Gasteiger partial charge in [-0.25, -0.2) is 9.48 Å². The molecule has 1 heterocycles. The standard InChI is InChI=1S/C42H40F3N5O3/c1-41(2,3)53-40(52)47-24-28-21-34(28)38(35-20-26-11-4-5-15-31(26)32-16-6-7-17-33(32)35)27-12-9-13-29(19-27)48-39(51)36-22-37(42(43,44)45)49-50(36)30-14-8-10-25(18-30)23-46/h4-20,22,28,34,38H,21,23-24,46H2,1-3H3,(H,47,52)(H,48,51). The zero-order chi connectivity index (χ0) is 37.5. The minimum Gasteiger partial charge on any atom is -0.444 e. The number of alkyl carbamates (subject to hydrolysis) is 1. The van der Waals surface area contributed by atoms with E-state index in [0.29, 0.717) is 17.8 Å². The number of fused-ring (bicyclic) bond motifs is 3. The van der Waals surface area contributed by atoms with Gasteiger partial charge in [0, 0.05) is 30.8 Å². The van der Waals surface area contributed by atoms with E-state index in [4.69, 9.17) is 10.5 Å². The Balaban J connectivity index is 1.25. The van der Waals surface area contributed by atoms with Crippen LogP contribution in [-0.2, 0) is 17.5 Å². The van der Waals surface area contributed by atoms with Gasteiger partial charge in [-0.2, -0.15) is 18.3 Å². The highest BCUT2D eigenvalue weighted by Gasteiger charge is 2.45. The van der Waals surface area contributed by atoms with Crippen molar-refractivity contribution in [1.82, 2.24) is 15.1 Å². The summed E-state index contributed by atoms with van der Waals surface area (Å²) < 4.78 is 48.1. The zero-order valence-electron chi connectivity index (χ0n) is 29.6. The molecule has 0 radical (unpaired) electrons. The Labute approximate surface area is 305 Å². The molecule has 7 rings (SSSR count). The van der Waals surface area contributed by atoms with E-state index in [1.165, 1.54) is 0 Å². The summed E-state index contributed by atoms with van der Waals surface area (Å²) in [7, 11) is 0. The maximum atomic E-state index is 13.9. The number of nitrogens with two attached hydrogens (primary N) is 1. The van der Waals surface area contributed by atoms with Crippen molar-refractivity contribution in [2.45, 2.75) is 51.4 Å². The number of amides is 2. The number of aromatic nitrogens is 2. The second-order valence-corrected chi connectivity index (χ2v) is 14.5. The van der Waals surface area contributed by atoms with Crippen LogP contribution in [0, 0.1) is 11.8 Å². The molecule has 4 N–H and O–H groups in total. The number of carbonyl (C=O) groups excluding carboxylic acids is 2. The first-order valence-corrected chi connectivity index (χ1v) is 17.5. The van der Waals surface area contributed by atoms with Crippen molar-refractivity contribution in [2.75, 3.05) is 11.9 Å². The Morgan fingerprint density at radius 2 is 1.60 bits per heavy atom. The molecule has 3 unspecified atom stereocenters. The average molecular weight is 720 g/mol. The van der Waals surface area contributed by atoms with Gasteiger partial charge in [0.15, 0.2) is 5.69 Å². The number of hydrogen-bond donors (Lipinski definition) is 3. The molecule has 272 valence electrons. The van der Waals surface area contributed by atoms with Crippen LogP contribution in [0.4, 0.5) is 23.7 Å². The number of halogens is 3. The summed E-state index contributed by atoms with van der Waals surface area (Å²) in [6.45, 7) is 6.07. The number of anilines is 1. The Morgan fingerprint density at radius 1 is 0.887 bits per heavy atom. The highest BCUT2D eigenvalue weighted by atomic mass is 19.4. The van der Waals surface area contributed by atoms with Crippen molar-refractivity contribution in [3.05, 3.63) is 137 Å². The molecule has 5 aromatic carbocycles. The van der Waals surface area contributed by atoms with Gasteiger partial charge >= 0.3 is 12.3 Å². The number of alkyl halides is 3. The van der Waals surface area contributed by atoms with Gasteiger partial charge in [-0.1, -0.05) is 72.8 Å². The predicted octanol–water partition coefficient (Wildman–Crippen LogP) is 9.20. The van der Waals surface area contributed by atoms with Crippen molar-refractivity contribution < 1.29 is 27.5 Å². The van der Waals surface area contributed by atoms with Gasteiger partial charge < -0.3 is 21.1 Å². The van der Waals surface area contributed by atoms with Crippen LogP contribution in [0.1, 0.15) is 66.0 Å². The second-order valence-electron chi connectivity index (χ2n) is 14.5. The van der Waals surface area contributed by atoms with Gasteiger partial charge in [0.05, 0.1) is 5.69 Å². The molecule has 1 aromatic heterocycles. The summed E-state index contributed by atoms with van der Waals surface area (Å²) >= 11 is 0. The Hall–Kier alpha value is -5.68. The van der Waals surface area contributed by atoms with Crippen molar-refractivity contribution >= 4 is 39.2 Å². The Kier molecular flexibility index (Phi) is 9.46. The minimum absolute atomic E-state index is 0.131. The molecule has 1 saturated carbocycles. The molecule has 0 aliphatic heterocycles. The van der Waals surface area contributed by atoms with Gasteiger partial charge in [0.25, 0.3) is 5.91 Å². The summed E-state index contributed by atoms with van der Waals surface area (Å²) in [4.78, 5) is 26.4. The third kappa shape index (κ3) is 7.75. The Morgan fingerprint density at radius 3 is 2.34 bits per heavy atom. The lowest BCUT2D eigenvalue weighted by atomic mass is 9.82. The molecule has 1 aliphatic carbocycles. The lowest BCUT2D eigenvalue weighted by Gasteiger charge is -2.23. The van der Waals surface area contributed by atoms with Gasteiger partial charge in [-0.15, -0.1) is 0 Å². The topological polar surface area (TPSA) is 111 Å². The number of nitrogens with zero attached hydrogens (tertiary/aromatic N) is 2. The van der Waals surface area contributed by atoms with Crippen molar-refractivity contribution in [2.24, 2.45) is 17.6 Å². The largest absolute Gasteiger partial charge is 0.444 e. The maximum absolute atomic E-state index is 13.9. The van der Waals surface area contributed by atoms with Crippen molar-refractivity contribution in [3.63, 3.8) is 0 Å². The molecule has 53 heavy (non-hydrogen) atoms. The molecule has 1 fully saturated rings.